The molecule has 2 aromatic carbocycles. The van der Waals surface area contributed by atoms with Gasteiger partial charge >= 0.3 is 0 Å². The largest absolute Gasteiger partial charge is 0.485 e. The second-order valence-corrected chi connectivity index (χ2v) is 7.30. The van der Waals surface area contributed by atoms with Crippen LogP contribution in [0.1, 0.15) is 27.4 Å². The Morgan fingerprint density at radius 3 is 2.85 bits per heavy atom. The summed E-state index contributed by atoms with van der Waals surface area (Å²) < 4.78 is 12.4. The van der Waals surface area contributed by atoms with Gasteiger partial charge in [-0.15, -0.1) is 0 Å². The summed E-state index contributed by atoms with van der Waals surface area (Å²) >= 11 is 1.44. The van der Waals surface area contributed by atoms with Gasteiger partial charge in [0, 0.05) is 0 Å². The summed E-state index contributed by atoms with van der Waals surface area (Å²) in [4.78, 5) is 16.9. The number of aromatic nitrogens is 1. The molecule has 5 nitrogen and oxygen atoms in total. The summed E-state index contributed by atoms with van der Waals surface area (Å²) in [7, 11) is 0. The van der Waals surface area contributed by atoms with Gasteiger partial charge in [-0.2, -0.15) is 0 Å². The van der Waals surface area contributed by atoms with Crippen molar-refractivity contribution in [1.29, 1.82) is 0 Å². The molecule has 2 aromatic heterocycles. The van der Waals surface area contributed by atoms with Crippen molar-refractivity contribution in [3.63, 3.8) is 0 Å². The zero-order valence-corrected chi connectivity index (χ0v) is 15.8. The van der Waals surface area contributed by atoms with Crippen molar-refractivity contribution in [2.24, 2.45) is 0 Å². The van der Waals surface area contributed by atoms with Gasteiger partial charge in [-0.05, 0) is 55.3 Å². The first kappa shape index (κ1) is 17.3. The molecule has 0 aliphatic rings. The molecule has 4 aromatic rings. The number of furan rings is 1. The molecule has 0 aliphatic heterocycles. The van der Waals surface area contributed by atoms with E-state index in [-0.39, 0.29) is 18.3 Å². The fourth-order valence-electron chi connectivity index (χ4n) is 2.69. The van der Waals surface area contributed by atoms with Crippen LogP contribution in [0, 0.1) is 13.8 Å². The Labute approximate surface area is 160 Å². The molecule has 6 heteroatoms. The molecule has 0 fully saturated rings. The number of fused-ring (bicyclic) bond motifs is 1. The normalized spacial score (nSPS) is 10.9. The van der Waals surface area contributed by atoms with E-state index in [9.17, 15) is 4.79 Å². The van der Waals surface area contributed by atoms with Crippen molar-refractivity contribution in [3.05, 3.63) is 77.2 Å². The maximum absolute atomic E-state index is 12.4. The molecule has 0 saturated carbocycles. The predicted octanol–water partition coefficient (Wildman–Crippen LogP) is 5.34. The number of ether oxygens (including phenoxy) is 1. The topological polar surface area (TPSA) is 64.4 Å². The van der Waals surface area contributed by atoms with Crippen LogP contribution in [-0.4, -0.2) is 10.9 Å². The lowest BCUT2D eigenvalue weighted by Crippen LogP contribution is -2.10. The van der Waals surface area contributed by atoms with Crippen LogP contribution < -0.4 is 10.1 Å². The second kappa shape index (κ2) is 7.25. The van der Waals surface area contributed by atoms with Crippen molar-refractivity contribution in [2.75, 3.05) is 5.32 Å². The maximum Gasteiger partial charge on any atom is 0.293 e. The van der Waals surface area contributed by atoms with Gasteiger partial charge in [-0.3, -0.25) is 10.1 Å². The number of hydrogen-bond donors (Lipinski definition) is 1. The fraction of sp³-hybridized carbons (Fsp3) is 0.143. The first-order valence-corrected chi connectivity index (χ1v) is 9.36. The highest BCUT2D eigenvalue weighted by molar-refractivity contribution is 7.22. The minimum absolute atomic E-state index is 0.230. The lowest BCUT2D eigenvalue weighted by atomic mass is 10.2. The number of aryl methyl sites for hydroxylation is 2. The van der Waals surface area contributed by atoms with Crippen LogP contribution in [0.25, 0.3) is 10.2 Å². The van der Waals surface area contributed by atoms with Crippen molar-refractivity contribution in [2.45, 2.75) is 20.5 Å². The Morgan fingerprint density at radius 1 is 1.15 bits per heavy atom. The van der Waals surface area contributed by atoms with Gasteiger partial charge in [0.1, 0.15) is 18.1 Å². The van der Waals surface area contributed by atoms with Gasteiger partial charge < -0.3 is 9.15 Å². The molecule has 1 amide bonds. The van der Waals surface area contributed by atoms with Crippen LogP contribution in [0.4, 0.5) is 5.13 Å². The van der Waals surface area contributed by atoms with Gasteiger partial charge in [0.15, 0.2) is 10.9 Å². The molecule has 4 rings (SSSR count). The van der Waals surface area contributed by atoms with Crippen LogP contribution in [0.3, 0.4) is 0 Å². The number of nitrogens with zero attached hydrogens (tertiary/aromatic N) is 1. The van der Waals surface area contributed by atoms with Crippen LogP contribution in [0.2, 0.25) is 0 Å². The lowest BCUT2D eigenvalue weighted by molar-refractivity contribution is 0.0992. The smallest absolute Gasteiger partial charge is 0.293 e. The van der Waals surface area contributed by atoms with Crippen LogP contribution >= 0.6 is 11.3 Å². The van der Waals surface area contributed by atoms with Crippen molar-refractivity contribution in [3.8, 4) is 5.75 Å². The minimum atomic E-state index is -0.326. The van der Waals surface area contributed by atoms with Gasteiger partial charge in [0.2, 0.25) is 0 Å². The molecule has 136 valence electrons. The molecule has 0 radical (unpaired) electrons. The van der Waals surface area contributed by atoms with Crippen LogP contribution in [0.15, 0.2) is 59.0 Å². The highest BCUT2D eigenvalue weighted by Crippen LogP contribution is 2.27. The molecule has 0 spiro atoms. The standard InChI is InChI=1S/C21H18N2O3S/c1-13-7-9-16-19(11-13)27-21(22-16)23-20(24)18-10-8-15(26-18)12-25-17-6-4-3-5-14(17)2/h3-11H,12H2,1-2H3,(H,22,23,24). The van der Waals surface area contributed by atoms with E-state index in [4.69, 9.17) is 9.15 Å². The zero-order valence-electron chi connectivity index (χ0n) is 15.0. The van der Waals surface area contributed by atoms with Crippen molar-refractivity contribution >= 4 is 32.6 Å². The van der Waals surface area contributed by atoms with Gasteiger partial charge in [0.05, 0.1) is 10.2 Å². The fourth-order valence-corrected chi connectivity index (χ4v) is 3.65. The van der Waals surface area contributed by atoms with E-state index < -0.39 is 0 Å². The van der Waals surface area contributed by atoms with Crippen molar-refractivity contribution in [1.82, 2.24) is 4.98 Å². The Balaban J connectivity index is 1.42. The first-order valence-electron chi connectivity index (χ1n) is 8.54. The average molecular weight is 378 g/mol. The molecule has 27 heavy (non-hydrogen) atoms. The van der Waals surface area contributed by atoms with Crippen LogP contribution in [0.5, 0.6) is 5.75 Å². The zero-order chi connectivity index (χ0) is 18.8. The summed E-state index contributed by atoms with van der Waals surface area (Å²) in [6.07, 6.45) is 0. The Morgan fingerprint density at radius 2 is 2.00 bits per heavy atom. The molecule has 0 aliphatic carbocycles. The van der Waals surface area contributed by atoms with Crippen LogP contribution in [-0.2, 0) is 6.61 Å². The van der Waals surface area contributed by atoms with E-state index >= 15 is 0 Å². The second-order valence-electron chi connectivity index (χ2n) is 6.26. The van der Waals surface area contributed by atoms with E-state index in [1.807, 2.05) is 50.2 Å². The summed E-state index contributed by atoms with van der Waals surface area (Å²) in [6.45, 7) is 4.27. The number of anilines is 1. The summed E-state index contributed by atoms with van der Waals surface area (Å²) in [5.41, 5.74) is 3.08. The predicted molar refractivity (Wildman–Crippen MR) is 107 cm³/mol. The molecule has 0 saturated heterocycles. The molecule has 1 N–H and O–H groups in total. The average Bonchev–Trinajstić information content (AvgIpc) is 3.27. The Hall–Kier alpha value is -3.12. The third-order valence-electron chi connectivity index (χ3n) is 4.11. The number of amides is 1. The van der Waals surface area contributed by atoms with E-state index in [0.717, 1.165) is 27.1 Å². The monoisotopic (exact) mass is 378 g/mol. The molecular weight excluding hydrogens is 360 g/mol. The summed E-state index contributed by atoms with van der Waals surface area (Å²) in [5.74, 6) is 1.29. The maximum atomic E-state index is 12.4. The van der Waals surface area contributed by atoms with E-state index in [1.54, 1.807) is 12.1 Å². The van der Waals surface area contributed by atoms with Crippen molar-refractivity contribution < 1.29 is 13.9 Å². The van der Waals surface area contributed by atoms with Gasteiger partial charge in [0.25, 0.3) is 5.91 Å². The summed E-state index contributed by atoms with van der Waals surface area (Å²) in [5, 5.41) is 3.35. The van der Waals surface area contributed by atoms with E-state index in [0.29, 0.717) is 10.9 Å². The molecule has 0 unspecified atom stereocenters. The number of hydrogen-bond acceptors (Lipinski definition) is 5. The lowest BCUT2D eigenvalue weighted by Gasteiger charge is -2.06. The van der Waals surface area contributed by atoms with E-state index in [2.05, 4.69) is 16.4 Å². The quantitative estimate of drug-likeness (QED) is 0.509. The number of rotatable bonds is 5. The Bertz CT molecular complexity index is 1110. The molecular formula is C21H18N2O3S. The molecule has 2 heterocycles. The number of carbonyl (C=O) groups is 1. The van der Waals surface area contributed by atoms with E-state index in [1.165, 1.54) is 11.3 Å². The molecule has 0 bridgehead atoms. The minimum Gasteiger partial charge on any atom is -0.485 e. The molecule has 0 atom stereocenters. The summed E-state index contributed by atoms with van der Waals surface area (Å²) in [6, 6.07) is 17.2. The van der Waals surface area contributed by atoms with Gasteiger partial charge in [-0.25, -0.2) is 4.98 Å². The number of thiazole rings is 1. The third-order valence-corrected chi connectivity index (χ3v) is 5.05. The third kappa shape index (κ3) is 3.85. The number of para-hydroxylation sites is 1. The SMILES string of the molecule is Cc1ccc2nc(NC(=O)c3ccc(COc4ccccc4C)o3)sc2c1. The van der Waals surface area contributed by atoms with Gasteiger partial charge in [-0.1, -0.05) is 35.6 Å². The first-order chi connectivity index (χ1) is 13.1. The highest BCUT2D eigenvalue weighted by atomic mass is 32.1. The number of benzene rings is 2. The highest BCUT2D eigenvalue weighted by Gasteiger charge is 2.14. The Kier molecular flexibility index (Phi) is 4.64. The number of carbonyl (C=O) groups excluding carboxylic acids is 1. The number of nitrogens with one attached hydrogen (secondary N) is 1.